The largest absolute Gasteiger partial charge is 0.378 e. The molecule has 1 amide bonds. The quantitative estimate of drug-likeness (QED) is 0.789. The Morgan fingerprint density at radius 3 is 2.64 bits per heavy atom. The second-order valence-corrected chi connectivity index (χ2v) is 6.10. The van der Waals surface area contributed by atoms with Crippen molar-refractivity contribution in [3.8, 4) is 0 Å². The zero-order valence-corrected chi connectivity index (χ0v) is 14.5. The van der Waals surface area contributed by atoms with Crippen molar-refractivity contribution in [3.05, 3.63) is 46.6 Å². The first-order valence-electron chi connectivity index (χ1n) is 8.12. The molecule has 0 spiro atoms. The summed E-state index contributed by atoms with van der Waals surface area (Å²) in [5.41, 5.74) is 7.39. The van der Waals surface area contributed by atoms with Crippen LogP contribution >= 0.6 is 11.6 Å². The first-order valence-corrected chi connectivity index (χ1v) is 8.49. The maximum Gasteiger partial charge on any atom is 0.254 e. The zero-order chi connectivity index (χ0) is 17.6. The van der Waals surface area contributed by atoms with Crippen molar-refractivity contribution < 1.29 is 9.53 Å². The Balaban J connectivity index is 1.52. The number of benzene rings is 1. The molecule has 0 saturated carbocycles. The molecule has 0 radical (unpaired) electrons. The van der Waals surface area contributed by atoms with Crippen molar-refractivity contribution in [2.45, 2.75) is 6.42 Å². The van der Waals surface area contributed by atoms with Gasteiger partial charge in [-0.2, -0.15) is 4.98 Å². The predicted molar refractivity (Wildman–Crippen MR) is 96.8 cm³/mol. The fourth-order valence-corrected chi connectivity index (χ4v) is 2.81. The van der Waals surface area contributed by atoms with E-state index in [9.17, 15) is 4.79 Å². The second kappa shape index (κ2) is 8.13. The van der Waals surface area contributed by atoms with Crippen molar-refractivity contribution in [1.82, 2.24) is 14.9 Å². The number of ether oxygens (including phenoxy) is 1. The summed E-state index contributed by atoms with van der Waals surface area (Å²) in [5.74, 6) is 0.789. The van der Waals surface area contributed by atoms with Gasteiger partial charge in [-0.15, -0.1) is 0 Å². The van der Waals surface area contributed by atoms with Crippen LogP contribution in [0.25, 0.3) is 0 Å². The van der Waals surface area contributed by atoms with Crippen LogP contribution in [0.5, 0.6) is 0 Å². The molecule has 1 aliphatic heterocycles. The van der Waals surface area contributed by atoms with E-state index in [1.54, 1.807) is 6.07 Å². The van der Waals surface area contributed by atoms with E-state index in [0.717, 1.165) is 12.0 Å². The van der Waals surface area contributed by atoms with Gasteiger partial charge in [0.1, 0.15) is 11.0 Å². The first kappa shape index (κ1) is 17.4. The van der Waals surface area contributed by atoms with Crippen LogP contribution in [0, 0.1) is 0 Å². The van der Waals surface area contributed by atoms with Gasteiger partial charge >= 0.3 is 0 Å². The number of nitrogen functional groups attached to an aromatic ring is 1. The molecular weight excluding hydrogens is 342 g/mol. The molecule has 0 atom stereocenters. The van der Waals surface area contributed by atoms with Crippen LogP contribution in [0.1, 0.15) is 15.9 Å². The molecule has 0 bridgehead atoms. The number of anilines is 2. The molecular formula is C17H20ClN5O2. The van der Waals surface area contributed by atoms with Crippen molar-refractivity contribution in [3.63, 3.8) is 0 Å². The number of aromatic nitrogens is 2. The van der Waals surface area contributed by atoms with Crippen molar-refractivity contribution in [2.24, 2.45) is 0 Å². The Hall–Kier alpha value is -2.38. The minimum absolute atomic E-state index is 0.0547. The summed E-state index contributed by atoms with van der Waals surface area (Å²) in [4.78, 5) is 22.1. The van der Waals surface area contributed by atoms with Crippen LogP contribution < -0.4 is 11.1 Å². The van der Waals surface area contributed by atoms with Gasteiger partial charge in [0.05, 0.1) is 13.2 Å². The van der Waals surface area contributed by atoms with Gasteiger partial charge in [-0.3, -0.25) is 4.79 Å². The molecule has 1 aromatic carbocycles. The summed E-state index contributed by atoms with van der Waals surface area (Å²) in [5, 5.41) is 3.47. The number of morpholine rings is 1. The number of nitrogens with two attached hydrogens (primary N) is 1. The van der Waals surface area contributed by atoms with E-state index in [-0.39, 0.29) is 11.9 Å². The number of halogens is 1. The highest BCUT2D eigenvalue weighted by Gasteiger charge is 2.18. The summed E-state index contributed by atoms with van der Waals surface area (Å²) in [6.07, 6.45) is 0.785. The van der Waals surface area contributed by atoms with Crippen LogP contribution in [0.2, 0.25) is 5.15 Å². The van der Waals surface area contributed by atoms with E-state index in [4.69, 9.17) is 22.1 Å². The summed E-state index contributed by atoms with van der Waals surface area (Å²) in [6.45, 7) is 3.17. The normalized spacial score (nSPS) is 14.4. The van der Waals surface area contributed by atoms with Crippen LogP contribution in [-0.4, -0.2) is 53.6 Å². The van der Waals surface area contributed by atoms with Crippen LogP contribution in [-0.2, 0) is 11.2 Å². The highest BCUT2D eigenvalue weighted by atomic mass is 35.5. The number of nitrogens with one attached hydrogen (secondary N) is 1. The molecule has 1 fully saturated rings. The molecule has 1 aliphatic rings. The minimum atomic E-state index is 0.0547. The Morgan fingerprint density at radius 2 is 1.96 bits per heavy atom. The molecule has 0 unspecified atom stereocenters. The molecule has 25 heavy (non-hydrogen) atoms. The molecule has 1 saturated heterocycles. The molecule has 1 aromatic heterocycles. The summed E-state index contributed by atoms with van der Waals surface area (Å²) in [7, 11) is 0. The Morgan fingerprint density at radius 1 is 1.24 bits per heavy atom. The van der Waals surface area contributed by atoms with Gasteiger partial charge in [-0.05, 0) is 24.1 Å². The Bertz CT molecular complexity index is 712. The molecule has 2 aromatic rings. The number of amides is 1. The van der Waals surface area contributed by atoms with Crippen molar-refractivity contribution >= 4 is 29.3 Å². The van der Waals surface area contributed by atoms with Crippen molar-refractivity contribution in [1.29, 1.82) is 0 Å². The number of carbonyl (C=O) groups excluding carboxylic acids is 1. The smallest absolute Gasteiger partial charge is 0.254 e. The SMILES string of the molecule is Nc1nc(Cl)cc(NCCc2ccc(C(=O)N3CCOCC3)cc2)n1. The lowest BCUT2D eigenvalue weighted by atomic mass is 10.1. The van der Waals surface area contributed by atoms with E-state index in [2.05, 4.69) is 15.3 Å². The fourth-order valence-electron chi connectivity index (χ4n) is 2.62. The molecule has 132 valence electrons. The topological polar surface area (TPSA) is 93.4 Å². The standard InChI is InChI=1S/C17H20ClN5O2/c18-14-11-15(22-17(19)21-14)20-6-5-12-1-3-13(4-2-12)16(24)23-7-9-25-10-8-23/h1-4,11H,5-10H2,(H3,19,20,21,22). The monoisotopic (exact) mass is 361 g/mol. The van der Waals surface area contributed by atoms with Crippen LogP contribution in [0.15, 0.2) is 30.3 Å². The van der Waals surface area contributed by atoms with Gasteiger partial charge in [0.2, 0.25) is 5.95 Å². The van der Waals surface area contributed by atoms with Crippen molar-refractivity contribution in [2.75, 3.05) is 43.9 Å². The van der Waals surface area contributed by atoms with Gasteiger partial charge in [0.25, 0.3) is 5.91 Å². The van der Waals surface area contributed by atoms with Gasteiger partial charge in [-0.25, -0.2) is 4.98 Å². The number of hydrogen-bond acceptors (Lipinski definition) is 6. The van der Waals surface area contributed by atoms with E-state index >= 15 is 0 Å². The molecule has 3 rings (SSSR count). The number of nitrogens with zero attached hydrogens (tertiary/aromatic N) is 3. The lowest BCUT2D eigenvalue weighted by Crippen LogP contribution is -2.40. The molecule has 8 heteroatoms. The van der Waals surface area contributed by atoms with Gasteiger partial charge in [0.15, 0.2) is 0 Å². The van der Waals surface area contributed by atoms with Gasteiger partial charge < -0.3 is 20.7 Å². The molecule has 2 heterocycles. The third kappa shape index (κ3) is 4.80. The Kier molecular flexibility index (Phi) is 5.67. The summed E-state index contributed by atoms with van der Waals surface area (Å²) >= 11 is 5.84. The maximum atomic E-state index is 12.4. The number of hydrogen-bond donors (Lipinski definition) is 2. The molecule has 0 aliphatic carbocycles. The van der Waals surface area contributed by atoms with Crippen LogP contribution in [0.4, 0.5) is 11.8 Å². The first-order chi connectivity index (χ1) is 12.1. The summed E-state index contributed by atoms with van der Waals surface area (Å²) in [6, 6.07) is 9.30. The highest BCUT2D eigenvalue weighted by Crippen LogP contribution is 2.13. The average Bonchev–Trinajstić information content (AvgIpc) is 2.62. The van der Waals surface area contributed by atoms with Gasteiger partial charge in [0, 0.05) is 31.3 Å². The van der Waals surface area contributed by atoms with Crippen LogP contribution in [0.3, 0.4) is 0 Å². The van der Waals surface area contributed by atoms with E-state index < -0.39 is 0 Å². The van der Waals surface area contributed by atoms with Gasteiger partial charge in [-0.1, -0.05) is 23.7 Å². The number of carbonyl (C=O) groups is 1. The predicted octanol–water partition coefficient (Wildman–Crippen LogP) is 1.84. The molecule has 7 nitrogen and oxygen atoms in total. The highest BCUT2D eigenvalue weighted by molar-refractivity contribution is 6.29. The third-order valence-corrected chi connectivity index (χ3v) is 4.12. The molecule has 3 N–H and O–H groups in total. The maximum absolute atomic E-state index is 12.4. The third-order valence-electron chi connectivity index (χ3n) is 3.93. The lowest BCUT2D eigenvalue weighted by Gasteiger charge is -2.26. The summed E-state index contributed by atoms with van der Waals surface area (Å²) < 4.78 is 5.27. The minimum Gasteiger partial charge on any atom is -0.378 e. The average molecular weight is 362 g/mol. The van der Waals surface area contributed by atoms with E-state index in [1.807, 2.05) is 29.2 Å². The lowest BCUT2D eigenvalue weighted by molar-refractivity contribution is 0.0303. The number of rotatable bonds is 5. The zero-order valence-electron chi connectivity index (χ0n) is 13.7. The Labute approximate surface area is 151 Å². The van der Waals surface area contributed by atoms with E-state index in [1.165, 1.54) is 0 Å². The van der Waals surface area contributed by atoms with E-state index in [0.29, 0.717) is 49.4 Å². The fraction of sp³-hybridized carbons (Fsp3) is 0.353. The second-order valence-electron chi connectivity index (χ2n) is 5.71.